The Labute approximate surface area is 132 Å². The van der Waals surface area contributed by atoms with Gasteiger partial charge in [0.2, 0.25) is 0 Å². The maximum atomic E-state index is 5.88. The minimum Gasteiger partial charge on any atom is -0.378 e. The molecule has 1 aliphatic rings. The molecule has 1 aromatic carbocycles. The van der Waals surface area contributed by atoms with E-state index in [-0.39, 0.29) is 0 Å². The van der Waals surface area contributed by atoms with E-state index in [4.69, 9.17) is 22.2 Å². The van der Waals surface area contributed by atoms with Crippen LogP contribution in [0.1, 0.15) is 5.56 Å². The number of rotatable bonds is 4. The summed E-state index contributed by atoms with van der Waals surface area (Å²) >= 11 is 5.88. The average Bonchev–Trinajstić information content (AvgIpc) is 3.03. The highest BCUT2D eigenvalue weighted by atomic mass is 35.5. The molecule has 8 nitrogen and oxygen atoms in total. The maximum absolute atomic E-state index is 5.88. The Kier molecular flexibility index (Phi) is 4.50. The van der Waals surface area contributed by atoms with Crippen LogP contribution in [0.5, 0.6) is 0 Å². The van der Waals surface area contributed by atoms with Gasteiger partial charge in [0, 0.05) is 18.1 Å². The maximum Gasteiger partial charge on any atom is 0.266 e. The molecule has 3 rings (SSSR count). The van der Waals surface area contributed by atoms with Gasteiger partial charge in [-0.25, -0.2) is 0 Å². The first-order valence-corrected chi connectivity index (χ1v) is 7.27. The highest BCUT2D eigenvalue weighted by Crippen LogP contribution is 2.12. The minimum absolute atomic E-state index is 0.343. The van der Waals surface area contributed by atoms with Gasteiger partial charge in [-0.3, -0.25) is 0 Å². The number of nitrogens with two attached hydrogens (primary N) is 1. The lowest BCUT2D eigenvalue weighted by Gasteiger charge is -2.24. The van der Waals surface area contributed by atoms with E-state index in [1.54, 1.807) is 12.1 Å². The predicted octanol–water partition coefficient (Wildman–Crippen LogP) is 0.526. The van der Waals surface area contributed by atoms with Crippen LogP contribution in [0.3, 0.4) is 0 Å². The van der Waals surface area contributed by atoms with Gasteiger partial charge in [-0.05, 0) is 22.9 Å². The van der Waals surface area contributed by atoms with Crippen molar-refractivity contribution in [3.63, 3.8) is 0 Å². The smallest absolute Gasteiger partial charge is 0.266 e. The van der Waals surface area contributed by atoms with Crippen LogP contribution in [-0.4, -0.2) is 52.2 Å². The van der Waals surface area contributed by atoms with Crippen LogP contribution < -0.4 is 10.7 Å². The van der Waals surface area contributed by atoms with Crippen molar-refractivity contribution in [1.82, 2.24) is 20.2 Å². The molecule has 22 heavy (non-hydrogen) atoms. The van der Waals surface area contributed by atoms with Gasteiger partial charge >= 0.3 is 0 Å². The normalized spacial score (nSPS) is 16.0. The quantitative estimate of drug-likeness (QED) is 0.501. The fourth-order valence-corrected chi connectivity index (χ4v) is 2.30. The molecule has 2 N–H and O–H groups in total. The third kappa shape index (κ3) is 3.34. The van der Waals surface area contributed by atoms with E-state index in [2.05, 4.69) is 20.5 Å². The molecule has 116 valence electrons. The van der Waals surface area contributed by atoms with E-state index >= 15 is 0 Å². The second-order valence-electron chi connectivity index (χ2n) is 4.80. The van der Waals surface area contributed by atoms with E-state index in [1.807, 2.05) is 17.0 Å². The molecule has 9 heteroatoms. The Hall–Kier alpha value is -2.19. The van der Waals surface area contributed by atoms with Gasteiger partial charge < -0.3 is 15.5 Å². The van der Waals surface area contributed by atoms with Gasteiger partial charge in [-0.1, -0.05) is 28.8 Å². The van der Waals surface area contributed by atoms with Crippen molar-refractivity contribution in [3.05, 3.63) is 34.9 Å². The molecule has 0 unspecified atom stereocenters. The van der Waals surface area contributed by atoms with Gasteiger partial charge in [0.25, 0.3) is 5.95 Å². The molecule has 0 spiro atoms. The Morgan fingerprint density at radius 2 is 2.00 bits per heavy atom. The summed E-state index contributed by atoms with van der Waals surface area (Å²) in [6.45, 7) is 3.22. The number of ether oxygens (including phenoxy) is 1. The fraction of sp³-hybridized carbons (Fsp3) is 0.385. The highest BCUT2D eigenvalue weighted by Gasteiger charge is 2.16. The number of benzene rings is 1. The summed E-state index contributed by atoms with van der Waals surface area (Å²) in [5.41, 5.74) is 1.53. The van der Waals surface area contributed by atoms with Crippen molar-refractivity contribution in [1.29, 1.82) is 0 Å². The monoisotopic (exact) mass is 321 g/mol. The second-order valence-corrected chi connectivity index (χ2v) is 5.24. The zero-order valence-corrected chi connectivity index (χ0v) is 12.6. The molecule has 0 aliphatic carbocycles. The summed E-state index contributed by atoms with van der Waals surface area (Å²) in [4.78, 5) is 3.51. The van der Waals surface area contributed by atoms with E-state index in [9.17, 15) is 0 Å². The third-order valence-corrected chi connectivity index (χ3v) is 3.61. The second kappa shape index (κ2) is 6.71. The Balaban J connectivity index is 1.71. The molecule has 0 atom stereocenters. The molecule has 2 heterocycles. The van der Waals surface area contributed by atoms with Gasteiger partial charge in [-0.15, -0.1) is 5.10 Å². The van der Waals surface area contributed by atoms with Crippen molar-refractivity contribution >= 4 is 23.3 Å². The molecule has 0 amide bonds. The van der Waals surface area contributed by atoms with Crippen LogP contribution in [0.15, 0.2) is 29.4 Å². The summed E-state index contributed by atoms with van der Waals surface area (Å²) in [6.07, 6.45) is 0. The number of nitrogens with zero attached hydrogens (tertiary/aromatic N) is 6. The first kappa shape index (κ1) is 14.7. The third-order valence-electron chi connectivity index (χ3n) is 3.36. The number of anilines is 1. The number of hydrogen-bond acceptors (Lipinski definition) is 7. The molecule has 1 saturated heterocycles. The number of tetrazole rings is 1. The van der Waals surface area contributed by atoms with Crippen molar-refractivity contribution in [2.45, 2.75) is 6.54 Å². The number of morpholine rings is 1. The number of halogens is 1. The van der Waals surface area contributed by atoms with E-state index in [0.717, 1.165) is 18.7 Å². The topological polar surface area (TPSA) is 94.5 Å². The Morgan fingerprint density at radius 3 is 2.68 bits per heavy atom. The molecule has 0 bridgehead atoms. The van der Waals surface area contributed by atoms with Crippen LogP contribution in [0, 0.1) is 0 Å². The molecular weight excluding hydrogens is 306 g/mol. The van der Waals surface area contributed by atoms with Gasteiger partial charge in [0.1, 0.15) is 6.54 Å². The van der Waals surface area contributed by atoms with Crippen molar-refractivity contribution in [2.75, 3.05) is 31.2 Å². The number of aromatic nitrogens is 4. The molecule has 0 saturated carbocycles. The SMILES string of the molecule is N/N=C(/Cn1nnc(N2CCOCC2)n1)c1ccc(Cl)cc1. The van der Waals surface area contributed by atoms with E-state index < -0.39 is 0 Å². The average molecular weight is 322 g/mol. The van der Waals surface area contributed by atoms with Crippen molar-refractivity contribution in [2.24, 2.45) is 10.9 Å². The zero-order chi connectivity index (χ0) is 15.4. The van der Waals surface area contributed by atoms with E-state index in [1.165, 1.54) is 4.80 Å². The first-order chi connectivity index (χ1) is 10.8. The van der Waals surface area contributed by atoms with Gasteiger partial charge in [0.05, 0.1) is 18.9 Å². The predicted molar refractivity (Wildman–Crippen MR) is 83.0 cm³/mol. The number of hydrazone groups is 1. The van der Waals surface area contributed by atoms with Crippen LogP contribution >= 0.6 is 11.6 Å². The molecule has 1 fully saturated rings. The molecule has 2 aromatic rings. The van der Waals surface area contributed by atoms with Crippen LogP contribution in [0.2, 0.25) is 5.02 Å². The first-order valence-electron chi connectivity index (χ1n) is 6.89. The lowest BCUT2D eigenvalue weighted by molar-refractivity contribution is 0.122. The molecular formula is C13H16ClN7O. The lowest BCUT2D eigenvalue weighted by Crippen LogP contribution is -2.37. The van der Waals surface area contributed by atoms with Crippen molar-refractivity contribution < 1.29 is 4.74 Å². The Morgan fingerprint density at radius 1 is 1.27 bits per heavy atom. The summed E-state index contributed by atoms with van der Waals surface area (Å²) < 4.78 is 5.31. The number of hydrogen-bond donors (Lipinski definition) is 1. The van der Waals surface area contributed by atoms with Crippen molar-refractivity contribution in [3.8, 4) is 0 Å². The standard InChI is InChI=1S/C13H16ClN7O/c14-11-3-1-10(2-4-11)12(16-15)9-21-18-13(17-19-21)20-5-7-22-8-6-20/h1-4H,5-9,15H2/b16-12-. The zero-order valence-electron chi connectivity index (χ0n) is 11.9. The summed E-state index contributed by atoms with van der Waals surface area (Å²) in [7, 11) is 0. The van der Waals surface area contributed by atoms with Crippen LogP contribution in [0.25, 0.3) is 0 Å². The highest BCUT2D eigenvalue weighted by molar-refractivity contribution is 6.30. The molecule has 0 radical (unpaired) electrons. The molecule has 1 aromatic heterocycles. The largest absolute Gasteiger partial charge is 0.378 e. The van der Waals surface area contributed by atoms with E-state index in [0.29, 0.717) is 36.4 Å². The summed E-state index contributed by atoms with van der Waals surface area (Å²) in [5.74, 6) is 6.07. The van der Waals surface area contributed by atoms with Gasteiger partial charge in [0.15, 0.2) is 0 Å². The summed E-state index contributed by atoms with van der Waals surface area (Å²) in [6, 6.07) is 7.29. The lowest BCUT2D eigenvalue weighted by atomic mass is 10.1. The molecule has 1 aliphatic heterocycles. The van der Waals surface area contributed by atoms with Gasteiger partial charge in [-0.2, -0.15) is 9.90 Å². The summed E-state index contributed by atoms with van der Waals surface area (Å²) in [5, 5.41) is 17.0. The van der Waals surface area contributed by atoms with Crippen LogP contribution in [-0.2, 0) is 11.3 Å². The minimum atomic E-state index is 0.343. The Bertz CT molecular complexity index is 649. The van der Waals surface area contributed by atoms with Crippen LogP contribution in [0.4, 0.5) is 5.95 Å². The fourth-order valence-electron chi connectivity index (χ4n) is 2.17.